The summed E-state index contributed by atoms with van der Waals surface area (Å²) in [6.45, 7) is 0.833. The van der Waals surface area contributed by atoms with E-state index in [2.05, 4.69) is 4.57 Å². The molecule has 1 N–H and O–H groups in total. The van der Waals surface area contributed by atoms with Crippen molar-refractivity contribution in [2.24, 2.45) is 0 Å². The average Bonchev–Trinajstić information content (AvgIpc) is 3.49. The number of aryl methyl sites for hydroxylation is 1. The first-order chi connectivity index (χ1) is 15.8. The highest BCUT2D eigenvalue weighted by atomic mass is 19.4. The molecule has 1 atom stereocenters. The number of hydrogen-bond acceptors (Lipinski definition) is 2. The van der Waals surface area contributed by atoms with Crippen molar-refractivity contribution in [1.29, 1.82) is 0 Å². The molecule has 5 rings (SSSR count). The number of halogens is 3. The van der Waals surface area contributed by atoms with Gasteiger partial charge in [0.15, 0.2) is 0 Å². The van der Waals surface area contributed by atoms with Gasteiger partial charge in [-0.25, -0.2) is 0 Å². The number of aliphatic carboxylic acids is 1. The Balaban J connectivity index is 1.35. The van der Waals surface area contributed by atoms with Gasteiger partial charge in [0.25, 0.3) is 0 Å². The van der Waals surface area contributed by atoms with Crippen LogP contribution in [0, 0.1) is 0 Å². The summed E-state index contributed by atoms with van der Waals surface area (Å²) in [5.74, 6) is -0.242. The van der Waals surface area contributed by atoms with Gasteiger partial charge in [0.1, 0.15) is 12.4 Å². The quantitative estimate of drug-likeness (QED) is 0.440. The molecule has 1 fully saturated rings. The van der Waals surface area contributed by atoms with Crippen LogP contribution in [0.5, 0.6) is 5.75 Å². The lowest BCUT2D eigenvalue weighted by Gasteiger charge is -2.19. The number of hydrogen-bond donors (Lipinski definition) is 1. The zero-order valence-electron chi connectivity index (χ0n) is 18.2. The topological polar surface area (TPSA) is 51.5 Å². The second kappa shape index (κ2) is 8.43. The number of benzene rings is 2. The number of carboxylic acid groups (broad SMARTS) is 1. The van der Waals surface area contributed by atoms with Crippen LogP contribution in [0.3, 0.4) is 0 Å². The van der Waals surface area contributed by atoms with Gasteiger partial charge in [0, 0.05) is 29.1 Å². The van der Waals surface area contributed by atoms with Crippen LogP contribution in [0.25, 0.3) is 10.9 Å². The number of nitrogens with zero attached hydrogens (tertiary/aromatic N) is 1. The van der Waals surface area contributed by atoms with E-state index < -0.39 is 17.7 Å². The van der Waals surface area contributed by atoms with Crippen molar-refractivity contribution in [3.8, 4) is 5.75 Å². The molecule has 3 aromatic rings. The van der Waals surface area contributed by atoms with Gasteiger partial charge in [-0.2, -0.15) is 13.2 Å². The zero-order valence-corrected chi connectivity index (χ0v) is 18.2. The van der Waals surface area contributed by atoms with E-state index in [1.807, 2.05) is 24.3 Å². The van der Waals surface area contributed by atoms with Crippen LogP contribution < -0.4 is 4.74 Å². The molecule has 0 saturated heterocycles. The van der Waals surface area contributed by atoms with E-state index >= 15 is 0 Å². The third-order valence-corrected chi connectivity index (χ3v) is 7.07. The van der Waals surface area contributed by atoms with Crippen molar-refractivity contribution in [3.63, 3.8) is 0 Å². The normalized spacial score (nSPS) is 18.7. The lowest BCUT2D eigenvalue weighted by molar-refractivity contribution is -0.139. The standard InChI is InChI=1S/C26H26F3NO3/c27-26(28,29)22-11-16(5-7-21(22)17-3-1-2-4-17)15-33-20-6-8-23-19(12-20)13-24-18(14-25(31)32)9-10-30(23)24/h5-8,11-13,17-18H,1-4,9-10,14-15H2,(H,31,32)/t18-/m0/s1. The van der Waals surface area contributed by atoms with Gasteiger partial charge < -0.3 is 14.4 Å². The van der Waals surface area contributed by atoms with E-state index in [4.69, 9.17) is 9.84 Å². The van der Waals surface area contributed by atoms with Crippen molar-refractivity contribution in [2.75, 3.05) is 0 Å². The summed E-state index contributed by atoms with van der Waals surface area (Å²) < 4.78 is 49.2. The first-order valence-electron chi connectivity index (χ1n) is 11.5. The molecule has 1 saturated carbocycles. The largest absolute Gasteiger partial charge is 0.489 e. The van der Waals surface area contributed by atoms with E-state index in [0.717, 1.165) is 55.2 Å². The number of alkyl halides is 3. The zero-order chi connectivity index (χ0) is 23.2. The van der Waals surface area contributed by atoms with Crippen molar-refractivity contribution < 1.29 is 27.8 Å². The molecule has 33 heavy (non-hydrogen) atoms. The minimum absolute atomic E-state index is 0.00144. The Bertz CT molecular complexity index is 1190. The summed E-state index contributed by atoms with van der Waals surface area (Å²) >= 11 is 0. The molecule has 0 spiro atoms. The Morgan fingerprint density at radius 3 is 2.58 bits per heavy atom. The monoisotopic (exact) mass is 457 g/mol. The minimum atomic E-state index is -4.38. The predicted molar refractivity (Wildman–Crippen MR) is 119 cm³/mol. The smallest absolute Gasteiger partial charge is 0.416 e. The molecule has 0 amide bonds. The first kappa shape index (κ1) is 21.9. The second-order valence-corrected chi connectivity index (χ2v) is 9.21. The Morgan fingerprint density at radius 2 is 1.85 bits per heavy atom. The highest BCUT2D eigenvalue weighted by molar-refractivity contribution is 5.83. The Kier molecular flexibility index (Phi) is 5.59. The molecule has 0 bridgehead atoms. The van der Waals surface area contributed by atoms with Crippen LogP contribution in [-0.2, 0) is 24.1 Å². The van der Waals surface area contributed by atoms with E-state index in [-0.39, 0.29) is 24.9 Å². The summed E-state index contributed by atoms with van der Waals surface area (Å²) in [6.07, 6.45) is 0.131. The van der Waals surface area contributed by atoms with Crippen molar-refractivity contribution in [2.45, 2.75) is 69.7 Å². The SMILES string of the molecule is O=C(O)C[C@@H]1CCn2c1cc1cc(OCc3ccc(C4CCCC4)c(C(F)(F)F)c3)ccc12. The van der Waals surface area contributed by atoms with E-state index in [1.54, 1.807) is 12.1 Å². The highest BCUT2D eigenvalue weighted by Gasteiger charge is 2.36. The lowest BCUT2D eigenvalue weighted by Crippen LogP contribution is -2.12. The number of aromatic nitrogens is 1. The van der Waals surface area contributed by atoms with E-state index in [9.17, 15) is 18.0 Å². The van der Waals surface area contributed by atoms with E-state index in [1.165, 1.54) is 6.07 Å². The Morgan fingerprint density at radius 1 is 1.06 bits per heavy atom. The summed E-state index contributed by atoms with van der Waals surface area (Å²) in [7, 11) is 0. The molecule has 0 unspecified atom stereocenters. The molecule has 0 radical (unpaired) electrons. The third-order valence-electron chi connectivity index (χ3n) is 7.07. The molecule has 2 heterocycles. The fraction of sp³-hybridized carbons (Fsp3) is 0.423. The number of rotatable bonds is 6. The molecule has 2 aromatic carbocycles. The first-order valence-corrected chi connectivity index (χ1v) is 11.5. The number of ether oxygens (including phenoxy) is 1. The van der Waals surface area contributed by atoms with Gasteiger partial charge >= 0.3 is 12.1 Å². The van der Waals surface area contributed by atoms with Gasteiger partial charge in [0.05, 0.1) is 12.0 Å². The lowest BCUT2D eigenvalue weighted by atomic mass is 9.91. The van der Waals surface area contributed by atoms with Gasteiger partial charge in [0.2, 0.25) is 0 Å². The van der Waals surface area contributed by atoms with E-state index in [0.29, 0.717) is 16.9 Å². The number of fused-ring (bicyclic) bond motifs is 3. The fourth-order valence-electron chi connectivity index (χ4n) is 5.50. The molecule has 1 aromatic heterocycles. The van der Waals surface area contributed by atoms with Crippen LogP contribution in [0.15, 0.2) is 42.5 Å². The molecule has 1 aliphatic heterocycles. The molecule has 1 aliphatic carbocycles. The minimum Gasteiger partial charge on any atom is -0.489 e. The van der Waals surface area contributed by atoms with Gasteiger partial charge in [-0.15, -0.1) is 0 Å². The van der Waals surface area contributed by atoms with Crippen molar-refractivity contribution in [1.82, 2.24) is 4.57 Å². The molecule has 2 aliphatic rings. The Hall–Kier alpha value is -2.96. The number of carboxylic acids is 1. The molecule has 4 nitrogen and oxygen atoms in total. The maximum absolute atomic E-state index is 13.7. The predicted octanol–water partition coefficient (Wildman–Crippen LogP) is 6.86. The second-order valence-electron chi connectivity index (χ2n) is 9.21. The highest BCUT2D eigenvalue weighted by Crippen LogP contribution is 2.42. The summed E-state index contributed by atoms with van der Waals surface area (Å²) in [5.41, 5.74) is 2.39. The van der Waals surface area contributed by atoms with Gasteiger partial charge in [-0.05, 0) is 66.6 Å². The third kappa shape index (κ3) is 4.33. The summed E-state index contributed by atoms with van der Waals surface area (Å²) in [4.78, 5) is 11.1. The van der Waals surface area contributed by atoms with Gasteiger partial charge in [-0.1, -0.05) is 25.0 Å². The van der Waals surface area contributed by atoms with Crippen molar-refractivity contribution in [3.05, 3.63) is 64.8 Å². The maximum Gasteiger partial charge on any atom is 0.416 e. The Labute approximate surface area is 190 Å². The van der Waals surface area contributed by atoms with Crippen LogP contribution in [-0.4, -0.2) is 15.6 Å². The molecular formula is C26H26F3NO3. The van der Waals surface area contributed by atoms with Gasteiger partial charge in [-0.3, -0.25) is 4.79 Å². The number of carbonyl (C=O) groups is 1. The fourth-order valence-corrected chi connectivity index (χ4v) is 5.50. The molecule has 7 heteroatoms. The van der Waals surface area contributed by atoms with Crippen LogP contribution in [0.2, 0.25) is 0 Å². The molecule has 174 valence electrons. The van der Waals surface area contributed by atoms with Crippen molar-refractivity contribution >= 4 is 16.9 Å². The molecular weight excluding hydrogens is 431 g/mol. The van der Waals surface area contributed by atoms with Crippen LogP contribution in [0.4, 0.5) is 13.2 Å². The van der Waals surface area contributed by atoms with Crippen LogP contribution >= 0.6 is 0 Å². The van der Waals surface area contributed by atoms with Crippen LogP contribution in [0.1, 0.15) is 72.7 Å². The summed E-state index contributed by atoms with van der Waals surface area (Å²) in [5, 5.41) is 10.1. The maximum atomic E-state index is 13.7. The summed E-state index contributed by atoms with van der Waals surface area (Å²) in [6, 6.07) is 12.2. The average molecular weight is 457 g/mol.